The van der Waals surface area contributed by atoms with E-state index in [9.17, 15) is 24.9 Å². The Morgan fingerprint density at radius 2 is 2.25 bits per heavy atom. The van der Waals surface area contributed by atoms with E-state index in [4.69, 9.17) is 11.2 Å². The van der Waals surface area contributed by atoms with Gasteiger partial charge in [0, 0.05) is 12.3 Å². The number of ether oxygens (including phenoxy) is 1. The smallest absolute Gasteiger partial charge is 0.330 e. The molecule has 1 aromatic heterocycles. The molecule has 0 bridgehead atoms. The van der Waals surface area contributed by atoms with Gasteiger partial charge < -0.3 is 20.1 Å². The highest BCUT2D eigenvalue weighted by molar-refractivity contribution is 5.20. The number of H-pyrrole nitrogens is 1. The van der Waals surface area contributed by atoms with Gasteiger partial charge in [-0.2, -0.15) is 0 Å². The molecule has 0 saturated carbocycles. The van der Waals surface area contributed by atoms with E-state index in [0.717, 1.165) is 16.8 Å². The SMILES string of the molecule is C#C[C@@]1(O)[C@@H]([C@@H](C)O)O[C@@H](n2ccc(=O)[nH]c2=O)[C@@H]1O. The molecule has 0 unspecified atom stereocenters. The van der Waals surface area contributed by atoms with Gasteiger partial charge in [-0.25, -0.2) is 4.79 Å². The lowest BCUT2D eigenvalue weighted by atomic mass is 9.90. The second kappa shape index (κ2) is 4.88. The van der Waals surface area contributed by atoms with E-state index in [1.165, 1.54) is 6.92 Å². The molecule has 8 nitrogen and oxygen atoms in total. The molecule has 1 fully saturated rings. The minimum atomic E-state index is -2.14. The van der Waals surface area contributed by atoms with Crippen molar-refractivity contribution in [2.45, 2.75) is 37.1 Å². The molecule has 1 aliphatic heterocycles. The third-order valence-electron chi connectivity index (χ3n) is 3.24. The number of nitrogens with zero attached hydrogens (tertiary/aromatic N) is 1. The van der Waals surface area contributed by atoms with Crippen molar-refractivity contribution in [3.05, 3.63) is 33.1 Å². The number of aliphatic hydroxyl groups excluding tert-OH is 2. The van der Waals surface area contributed by atoms with Gasteiger partial charge in [0.05, 0.1) is 6.10 Å². The van der Waals surface area contributed by atoms with E-state index < -0.39 is 41.4 Å². The summed E-state index contributed by atoms with van der Waals surface area (Å²) < 4.78 is 6.18. The second-order valence-corrected chi connectivity index (χ2v) is 4.62. The number of aliphatic hydroxyl groups is 3. The zero-order valence-corrected chi connectivity index (χ0v) is 10.6. The number of rotatable bonds is 2. The lowest BCUT2D eigenvalue weighted by Gasteiger charge is -2.26. The molecule has 4 N–H and O–H groups in total. The number of terminal acetylenes is 1. The summed E-state index contributed by atoms with van der Waals surface area (Å²) in [4.78, 5) is 24.7. The van der Waals surface area contributed by atoms with Crippen LogP contribution in [-0.2, 0) is 4.74 Å². The van der Waals surface area contributed by atoms with Crippen molar-refractivity contribution in [1.82, 2.24) is 9.55 Å². The summed E-state index contributed by atoms with van der Waals surface area (Å²) >= 11 is 0. The Morgan fingerprint density at radius 1 is 1.60 bits per heavy atom. The molecule has 20 heavy (non-hydrogen) atoms. The number of hydrogen-bond donors (Lipinski definition) is 4. The quantitative estimate of drug-likeness (QED) is 0.446. The van der Waals surface area contributed by atoms with Gasteiger partial charge in [-0.05, 0) is 6.92 Å². The van der Waals surface area contributed by atoms with Gasteiger partial charge in [0.15, 0.2) is 11.8 Å². The lowest BCUT2D eigenvalue weighted by Crippen LogP contribution is -2.50. The van der Waals surface area contributed by atoms with Crippen LogP contribution in [0.4, 0.5) is 0 Å². The van der Waals surface area contributed by atoms with Crippen LogP contribution in [0.1, 0.15) is 13.2 Å². The Hall–Kier alpha value is -1.92. The first-order valence-corrected chi connectivity index (χ1v) is 5.84. The number of aromatic amines is 1. The first-order valence-electron chi connectivity index (χ1n) is 5.84. The fourth-order valence-corrected chi connectivity index (χ4v) is 2.21. The largest absolute Gasteiger partial charge is 0.391 e. The third-order valence-corrected chi connectivity index (χ3v) is 3.24. The molecule has 108 valence electrons. The Labute approximate surface area is 113 Å². The van der Waals surface area contributed by atoms with Crippen molar-refractivity contribution in [1.29, 1.82) is 0 Å². The summed E-state index contributed by atoms with van der Waals surface area (Å²) in [6.07, 6.45) is 0.894. The van der Waals surface area contributed by atoms with Gasteiger partial charge in [-0.15, -0.1) is 6.42 Å². The van der Waals surface area contributed by atoms with Gasteiger partial charge in [-0.1, -0.05) is 5.92 Å². The summed E-state index contributed by atoms with van der Waals surface area (Å²) in [6.45, 7) is 1.33. The van der Waals surface area contributed by atoms with E-state index in [1.807, 2.05) is 10.9 Å². The van der Waals surface area contributed by atoms with Crippen LogP contribution in [-0.4, -0.2) is 48.8 Å². The molecule has 1 aliphatic rings. The molecular formula is C12H14N2O6. The Bertz CT molecular complexity index is 657. The van der Waals surface area contributed by atoms with E-state index >= 15 is 0 Å². The van der Waals surface area contributed by atoms with E-state index in [2.05, 4.69) is 0 Å². The maximum Gasteiger partial charge on any atom is 0.330 e. The average molecular weight is 282 g/mol. The molecule has 1 saturated heterocycles. The van der Waals surface area contributed by atoms with Gasteiger partial charge in [0.1, 0.15) is 12.2 Å². The van der Waals surface area contributed by atoms with Crippen molar-refractivity contribution < 1.29 is 20.1 Å². The average Bonchev–Trinajstić information content (AvgIpc) is 2.64. The molecular weight excluding hydrogens is 268 g/mol. The van der Waals surface area contributed by atoms with Crippen molar-refractivity contribution >= 4 is 0 Å². The van der Waals surface area contributed by atoms with Crippen molar-refractivity contribution in [3.8, 4) is 12.3 Å². The van der Waals surface area contributed by atoms with Crippen LogP contribution in [0.5, 0.6) is 0 Å². The Kier molecular flexibility index (Phi) is 3.54. The fraction of sp³-hybridized carbons (Fsp3) is 0.500. The van der Waals surface area contributed by atoms with Crippen molar-refractivity contribution in [2.75, 3.05) is 0 Å². The monoisotopic (exact) mass is 282 g/mol. The maximum atomic E-state index is 11.7. The molecule has 0 aliphatic carbocycles. The Balaban J connectivity index is 2.48. The highest BCUT2D eigenvalue weighted by Crippen LogP contribution is 2.37. The number of nitrogens with one attached hydrogen (secondary N) is 1. The van der Waals surface area contributed by atoms with Crippen LogP contribution in [0.2, 0.25) is 0 Å². The topological polar surface area (TPSA) is 125 Å². The molecule has 1 aromatic rings. The molecule has 0 spiro atoms. The minimum absolute atomic E-state index is 0.613. The molecule has 0 aromatic carbocycles. The molecule has 2 rings (SSSR count). The molecule has 2 heterocycles. The summed E-state index contributed by atoms with van der Waals surface area (Å²) in [5.41, 5.74) is -3.58. The normalized spacial score (nSPS) is 34.6. The number of hydrogen-bond acceptors (Lipinski definition) is 6. The van der Waals surface area contributed by atoms with Gasteiger partial charge in [-0.3, -0.25) is 14.3 Å². The van der Waals surface area contributed by atoms with Crippen LogP contribution in [0.25, 0.3) is 0 Å². The zero-order chi connectivity index (χ0) is 15.1. The minimum Gasteiger partial charge on any atom is -0.391 e. The first-order chi connectivity index (χ1) is 9.31. The Morgan fingerprint density at radius 3 is 2.70 bits per heavy atom. The van der Waals surface area contributed by atoms with Crippen molar-refractivity contribution in [2.24, 2.45) is 0 Å². The zero-order valence-electron chi connectivity index (χ0n) is 10.6. The highest BCUT2D eigenvalue weighted by atomic mass is 16.6. The predicted molar refractivity (Wildman–Crippen MR) is 66.7 cm³/mol. The van der Waals surface area contributed by atoms with Crippen LogP contribution in [0, 0.1) is 12.3 Å². The first kappa shape index (κ1) is 14.5. The van der Waals surface area contributed by atoms with Crippen LogP contribution in [0.3, 0.4) is 0 Å². The van der Waals surface area contributed by atoms with E-state index in [0.29, 0.717) is 0 Å². The van der Waals surface area contributed by atoms with Gasteiger partial charge in [0.25, 0.3) is 5.56 Å². The standard InChI is InChI=1S/C12H14N2O6/c1-3-12(19)8(17)10(20-9(12)6(2)15)14-5-4-7(16)13-11(14)18/h1,4-6,8-10,15,17,19H,2H3,(H,13,16,18)/t6-,8+,9-,10-,12+/m1/s1. The summed E-state index contributed by atoms with van der Waals surface area (Å²) in [5, 5.41) is 29.9. The van der Waals surface area contributed by atoms with E-state index in [1.54, 1.807) is 0 Å². The van der Waals surface area contributed by atoms with Crippen LogP contribution in [0.15, 0.2) is 21.9 Å². The van der Waals surface area contributed by atoms with Gasteiger partial charge in [0.2, 0.25) is 0 Å². The number of aromatic nitrogens is 2. The van der Waals surface area contributed by atoms with E-state index in [-0.39, 0.29) is 0 Å². The van der Waals surface area contributed by atoms with Gasteiger partial charge >= 0.3 is 5.69 Å². The molecule has 8 heteroatoms. The van der Waals surface area contributed by atoms with Crippen molar-refractivity contribution in [3.63, 3.8) is 0 Å². The maximum absolute atomic E-state index is 11.7. The highest BCUT2D eigenvalue weighted by Gasteiger charge is 2.57. The molecule has 5 atom stereocenters. The summed E-state index contributed by atoms with van der Waals surface area (Å²) in [6, 6.07) is 1.06. The van der Waals surface area contributed by atoms with Crippen LogP contribution >= 0.6 is 0 Å². The van der Waals surface area contributed by atoms with Crippen LogP contribution < -0.4 is 11.2 Å². The second-order valence-electron chi connectivity index (χ2n) is 4.62. The molecule has 0 radical (unpaired) electrons. The summed E-state index contributed by atoms with van der Waals surface area (Å²) in [7, 11) is 0. The third kappa shape index (κ3) is 2.07. The molecule has 0 amide bonds. The summed E-state index contributed by atoms with van der Waals surface area (Å²) in [5.74, 6) is 1.99. The lowest BCUT2D eigenvalue weighted by molar-refractivity contribution is -0.0931. The fourth-order valence-electron chi connectivity index (χ4n) is 2.21. The predicted octanol–water partition coefficient (Wildman–Crippen LogP) is -2.46.